The average molecular weight is 259 g/mol. The number of nitrogens with one attached hydrogen (secondary N) is 2. The summed E-state index contributed by atoms with van der Waals surface area (Å²) in [6.45, 7) is 8.60. The second-order valence-electron chi connectivity index (χ2n) is 6.01. The average Bonchev–Trinajstić information content (AvgIpc) is 2.36. The van der Waals surface area contributed by atoms with E-state index < -0.39 is 5.54 Å². The van der Waals surface area contributed by atoms with Gasteiger partial charge in [-0.3, -0.25) is 0 Å². The van der Waals surface area contributed by atoms with Gasteiger partial charge in [0.05, 0.1) is 6.07 Å². The number of anilines is 1. The van der Waals surface area contributed by atoms with Crippen LogP contribution in [0.4, 0.5) is 5.69 Å². The van der Waals surface area contributed by atoms with Crippen molar-refractivity contribution in [3.63, 3.8) is 0 Å². The maximum absolute atomic E-state index is 9.60. The second-order valence-corrected chi connectivity index (χ2v) is 6.01. The molecule has 1 rings (SSSR count). The van der Waals surface area contributed by atoms with Crippen molar-refractivity contribution in [2.24, 2.45) is 11.8 Å². The molecule has 0 atom stereocenters. The molecule has 0 bridgehead atoms. The maximum Gasteiger partial charge on any atom is 0.124 e. The Morgan fingerprint density at radius 1 is 1.05 bits per heavy atom. The van der Waals surface area contributed by atoms with Gasteiger partial charge in [-0.05, 0) is 36.8 Å². The number of para-hydroxylation sites is 1. The smallest absolute Gasteiger partial charge is 0.124 e. The van der Waals surface area contributed by atoms with Crippen molar-refractivity contribution < 1.29 is 0 Å². The Kier molecular flexibility index (Phi) is 5.85. The summed E-state index contributed by atoms with van der Waals surface area (Å²) >= 11 is 0. The number of nitriles is 1. The van der Waals surface area contributed by atoms with Gasteiger partial charge in [-0.2, -0.15) is 5.26 Å². The number of hydrazine groups is 1. The van der Waals surface area contributed by atoms with Gasteiger partial charge in [0.1, 0.15) is 5.54 Å². The third-order valence-electron chi connectivity index (χ3n) is 2.95. The predicted octanol–water partition coefficient (Wildman–Crippen LogP) is 3.96. The van der Waals surface area contributed by atoms with Gasteiger partial charge in [0.15, 0.2) is 0 Å². The maximum atomic E-state index is 9.60. The highest BCUT2D eigenvalue weighted by molar-refractivity contribution is 5.41. The standard InChI is InChI=1S/C16H25N3/c1-13(2)10-16(12-17,11-14(3)4)19-18-15-8-6-5-7-9-15/h5-9,13-14,18-19H,10-11H2,1-4H3. The van der Waals surface area contributed by atoms with Gasteiger partial charge in [-0.15, -0.1) is 0 Å². The zero-order valence-corrected chi connectivity index (χ0v) is 12.4. The largest absolute Gasteiger partial charge is 0.320 e. The molecule has 0 aliphatic rings. The van der Waals surface area contributed by atoms with Gasteiger partial charge < -0.3 is 5.43 Å². The lowest BCUT2D eigenvalue weighted by Crippen LogP contribution is -2.49. The lowest BCUT2D eigenvalue weighted by Gasteiger charge is -2.31. The molecule has 0 aliphatic heterocycles. The Morgan fingerprint density at radius 3 is 2.00 bits per heavy atom. The molecule has 3 heteroatoms. The minimum Gasteiger partial charge on any atom is -0.320 e. The van der Waals surface area contributed by atoms with Crippen LogP contribution in [0.1, 0.15) is 40.5 Å². The van der Waals surface area contributed by atoms with E-state index in [4.69, 9.17) is 0 Å². The molecule has 0 saturated carbocycles. The molecule has 0 unspecified atom stereocenters. The van der Waals surface area contributed by atoms with Gasteiger partial charge in [0.2, 0.25) is 0 Å². The van der Waals surface area contributed by atoms with Gasteiger partial charge in [0.25, 0.3) is 0 Å². The Hall–Kier alpha value is -1.53. The first-order valence-electron chi connectivity index (χ1n) is 6.97. The third kappa shape index (κ3) is 5.32. The Bertz CT molecular complexity index is 394. The summed E-state index contributed by atoms with van der Waals surface area (Å²) in [6, 6.07) is 12.4. The summed E-state index contributed by atoms with van der Waals surface area (Å²) in [7, 11) is 0. The zero-order valence-electron chi connectivity index (χ0n) is 12.4. The van der Waals surface area contributed by atoms with E-state index in [1.165, 1.54) is 0 Å². The topological polar surface area (TPSA) is 47.9 Å². The van der Waals surface area contributed by atoms with Crippen LogP contribution in [0, 0.1) is 23.2 Å². The summed E-state index contributed by atoms with van der Waals surface area (Å²) in [5.74, 6) is 0.951. The van der Waals surface area contributed by atoms with Crippen LogP contribution in [-0.4, -0.2) is 5.54 Å². The quantitative estimate of drug-likeness (QED) is 0.729. The van der Waals surface area contributed by atoms with Crippen molar-refractivity contribution in [3.05, 3.63) is 30.3 Å². The first-order valence-corrected chi connectivity index (χ1v) is 6.97. The highest BCUT2D eigenvalue weighted by Crippen LogP contribution is 2.24. The molecule has 19 heavy (non-hydrogen) atoms. The fourth-order valence-electron chi connectivity index (χ4n) is 2.41. The lowest BCUT2D eigenvalue weighted by atomic mass is 9.83. The minimum absolute atomic E-state index is 0.475. The minimum atomic E-state index is -0.516. The van der Waals surface area contributed by atoms with Crippen LogP contribution in [0.3, 0.4) is 0 Å². The summed E-state index contributed by atoms with van der Waals surface area (Å²) in [6.07, 6.45) is 1.67. The van der Waals surface area contributed by atoms with E-state index in [0.29, 0.717) is 11.8 Å². The van der Waals surface area contributed by atoms with Crippen molar-refractivity contribution in [2.75, 3.05) is 5.43 Å². The fraction of sp³-hybridized carbons (Fsp3) is 0.562. The van der Waals surface area contributed by atoms with Gasteiger partial charge in [-0.25, -0.2) is 5.43 Å². The molecule has 0 fully saturated rings. The van der Waals surface area contributed by atoms with Crippen LogP contribution in [0.15, 0.2) is 30.3 Å². The molecule has 0 heterocycles. The van der Waals surface area contributed by atoms with E-state index >= 15 is 0 Å². The Balaban J connectivity index is 2.76. The van der Waals surface area contributed by atoms with E-state index in [-0.39, 0.29) is 0 Å². The first kappa shape index (κ1) is 15.5. The molecular formula is C16H25N3. The zero-order chi connectivity index (χ0) is 14.3. The van der Waals surface area contributed by atoms with Crippen LogP contribution >= 0.6 is 0 Å². The highest BCUT2D eigenvalue weighted by Gasteiger charge is 2.31. The second kappa shape index (κ2) is 7.16. The molecule has 0 aromatic heterocycles. The predicted molar refractivity (Wildman–Crippen MR) is 80.5 cm³/mol. The van der Waals surface area contributed by atoms with Gasteiger partial charge in [0, 0.05) is 5.69 Å². The summed E-state index contributed by atoms with van der Waals surface area (Å²) < 4.78 is 0. The van der Waals surface area contributed by atoms with Crippen molar-refractivity contribution in [3.8, 4) is 6.07 Å². The molecule has 0 saturated heterocycles. The summed E-state index contributed by atoms with van der Waals surface area (Å²) in [5, 5.41) is 9.60. The van der Waals surface area contributed by atoms with Crippen molar-refractivity contribution >= 4 is 5.69 Å². The molecule has 104 valence electrons. The molecule has 0 aliphatic carbocycles. The fourth-order valence-corrected chi connectivity index (χ4v) is 2.41. The molecule has 3 nitrogen and oxygen atoms in total. The van der Waals surface area contributed by atoms with E-state index in [0.717, 1.165) is 18.5 Å². The van der Waals surface area contributed by atoms with E-state index in [2.05, 4.69) is 44.6 Å². The van der Waals surface area contributed by atoms with Crippen LogP contribution in [0.25, 0.3) is 0 Å². The van der Waals surface area contributed by atoms with Crippen LogP contribution in [0.5, 0.6) is 0 Å². The lowest BCUT2D eigenvalue weighted by molar-refractivity contribution is 0.303. The van der Waals surface area contributed by atoms with Crippen LogP contribution in [-0.2, 0) is 0 Å². The summed E-state index contributed by atoms with van der Waals surface area (Å²) in [4.78, 5) is 0. The number of benzene rings is 1. The van der Waals surface area contributed by atoms with Crippen LogP contribution < -0.4 is 10.9 Å². The molecule has 0 amide bonds. The molecule has 2 N–H and O–H groups in total. The molecule has 0 radical (unpaired) electrons. The van der Waals surface area contributed by atoms with Gasteiger partial charge in [-0.1, -0.05) is 45.9 Å². The molecule has 1 aromatic rings. The SMILES string of the molecule is CC(C)CC(C#N)(CC(C)C)NNc1ccccc1. The van der Waals surface area contributed by atoms with Crippen molar-refractivity contribution in [1.82, 2.24) is 5.43 Å². The van der Waals surface area contributed by atoms with Crippen LogP contribution in [0.2, 0.25) is 0 Å². The third-order valence-corrected chi connectivity index (χ3v) is 2.95. The van der Waals surface area contributed by atoms with Crippen molar-refractivity contribution in [2.45, 2.75) is 46.1 Å². The number of rotatable bonds is 7. The number of hydrogen-bond donors (Lipinski definition) is 2. The highest BCUT2D eigenvalue weighted by atomic mass is 15.4. The Labute approximate surface area is 117 Å². The Morgan fingerprint density at radius 2 is 1.58 bits per heavy atom. The normalized spacial score (nSPS) is 11.6. The number of hydrogen-bond acceptors (Lipinski definition) is 3. The van der Waals surface area contributed by atoms with E-state index in [1.54, 1.807) is 0 Å². The molecule has 1 aromatic carbocycles. The number of nitrogens with zero attached hydrogens (tertiary/aromatic N) is 1. The monoisotopic (exact) mass is 259 g/mol. The van der Waals surface area contributed by atoms with Crippen molar-refractivity contribution in [1.29, 1.82) is 5.26 Å². The van der Waals surface area contributed by atoms with Gasteiger partial charge >= 0.3 is 0 Å². The molecular weight excluding hydrogens is 234 g/mol. The van der Waals surface area contributed by atoms with E-state index in [1.807, 2.05) is 30.3 Å². The first-order chi connectivity index (χ1) is 8.97. The summed E-state index contributed by atoms with van der Waals surface area (Å²) in [5.41, 5.74) is 6.89. The molecule has 0 spiro atoms. The van der Waals surface area contributed by atoms with E-state index in [9.17, 15) is 5.26 Å².